The van der Waals surface area contributed by atoms with Gasteiger partial charge in [-0.05, 0) is 42.8 Å². The Morgan fingerprint density at radius 2 is 1.86 bits per heavy atom. The van der Waals surface area contributed by atoms with Crippen LogP contribution in [0.1, 0.15) is 21.6 Å². The van der Waals surface area contributed by atoms with Gasteiger partial charge in [-0.1, -0.05) is 17.3 Å². The van der Waals surface area contributed by atoms with E-state index in [-0.39, 0.29) is 23.1 Å². The van der Waals surface area contributed by atoms with Crippen LogP contribution in [0.25, 0.3) is 22.4 Å². The molecule has 0 aliphatic carbocycles. The third kappa shape index (κ3) is 4.60. The number of carbonyl (C=O) groups excluding carboxylic acids is 1. The van der Waals surface area contributed by atoms with Crippen LogP contribution in [-0.4, -0.2) is 56.9 Å². The van der Waals surface area contributed by atoms with Crippen molar-refractivity contribution in [2.24, 2.45) is 0 Å². The van der Waals surface area contributed by atoms with Crippen molar-refractivity contribution in [2.75, 3.05) is 26.2 Å². The van der Waals surface area contributed by atoms with Gasteiger partial charge >= 0.3 is 0 Å². The molecule has 5 rings (SSSR count). The van der Waals surface area contributed by atoms with Gasteiger partial charge in [0.25, 0.3) is 17.3 Å². The molecule has 1 saturated heterocycles. The average Bonchev–Trinajstić information content (AvgIpc) is 3.25. The van der Waals surface area contributed by atoms with Gasteiger partial charge < -0.3 is 9.42 Å². The zero-order chi connectivity index (χ0) is 24.5. The van der Waals surface area contributed by atoms with Crippen LogP contribution < -0.4 is 0 Å². The number of amides is 1. The Morgan fingerprint density at radius 1 is 1.11 bits per heavy atom. The van der Waals surface area contributed by atoms with Crippen molar-refractivity contribution in [2.45, 2.75) is 13.5 Å². The van der Waals surface area contributed by atoms with E-state index in [0.29, 0.717) is 60.6 Å². The summed E-state index contributed by atoms with van der Waals surface area (Å²) >= 11 is 0. The minimum Gasteiger partial charge on any atom is -0.336 e. The number of benzene rings is 2. The number of piperazine rings is 1. The molecule has 2 aromatic carbocycles. The minimum atomic E-state index is -0.400. The van der Waals surface area contributed by atoms with Crippen LogP contribution >= 0.6 is 0 Å². The lowest BCUT2D eigenvalue weighted by Gasteiger charge is -2.35. The van der Waals surface area contributed by atoms with Crippen molar-refractivity contribution in [1.29, 1.82) is 0 Å². The highest BCUT2D eigenvalue weighted by molar-refractivity contribution is 6.07. The molecule has 0 unspecified atom stereocenters. The summed E-state index contributed by atoms with van der Waals surface area (Å²) in [6.45, 7) is 4.62. The lowest BCUT2D eigenvalue weighted by molar-refractivity contribution is -0.384. The largest absolute Gasteiger partial charge is 0.336 e. The van der Waals surface area contributed by atoms with Crippen molar-refractivity contribution in [3.05, 3.63) is 87.3 Å². The molecule has 1 amide bonds. The minimum absolute atomic E-state index is 0.0686. The Kier molecular flexibility index (Phi) is 5.96. The third-order valence-corrected chi connectivity index (χ3v) is 6.17. The quantitative estimate of drug-likeness (QED) is 0.315. The maximum absolute atomic E-state index is 13.6. The molecule has 178 valence electrons. The number of fused-ring (bicyclic) bond motifs is 1. The zero-order valence-electron chi connectivity index (χ0n) is 19.0. The summed E-state index contributed by atoms with van der Waals surface area (Å²) < 4.78 is 18.8. The van der Waals surface area contributed by atoms with E-state index in [1.54, 1.807) is 42.2 Å². The molecule has 9 nitrogen and oxygen atoms in total. The first kappa shape index (κ1) is 22.6. The molecule has 0 saturated carbocycles. The van der Waals surface area contributed by atoms with E-state index in [9.17, 15) is 19.3 Å². The molecule has 3 heterocycles. The van der Waals surface area contributed by atoms with Gasteiger partial charge in [-0.3, -0.25) is 19.8 Å². The standard InChI is InChI=1S/C25H22FN5O4/c1-16-23-21(14-22(27-24(23)35-28-16)18-5-7-19(26)8-6-18)25(32)30-11-9-29(10-12-30)15-17-3-2-4-20(13-17)31(33)34/h2-8,13-14H,9-12,15H2,1H3. The molecule has 0 bridgehead atoms. The van der Waals surface area contributed by atoms with E-state index in [1.807, 2.05) is 6.07 Å². The molecule has 0 spiro atoms. The molecule has 35 heavy (non-hydrogen) atoms. The van der Waals surface area contributed by atoms with Crippen molar-refractivity contribution in [3.8, 4) is 11.3 Å². The van der Waals surface area contributed by atoms with Crippen molar-refractivity contribution in [3.63, 3.8) is 0 Å². The van der Waals surface area contributed by atoms with Crippen molar-refractivity contribution < 1.29 is 18.6 Å². The van der Waals surface area contributed by atoms with E-state index in [2.05, 4.69) is 15.0 Å². The smallest absolute Gasteiger partial charge is 0.269 e. The Labute approximate surface area is 199 Å². The van der Waals surface area contributed by atoms with Crippen LogP contribution in [0.5, 0.6) is 0 Å². The molecule has 4 aromatic rings. The number of pyridine rings is 1. The number of carbonyl (C=O) groups is 1. The highest BCUT2D eigenvalue weighted by Gasteiger charge is 2.26. The van der Waals surface area contributed by atoms with Crippen molar-refractivity contribution in [1.82, 2.24) is 19.9 Å². The molecule has 1 fully saturated rings. The monoisotopic (exact) mass is 475 g/mol. The van der Waals surface area contributed by atoms with Gasteiger partial charge in [0.1, 0.15) is 5.82 Å². The summed E-state index contributed by atoms with van der Waals surface area (Å²) in [6.07, 6.45) is 0. The van der Waals surface area contributed by atoms with Gasteiger partial charge in [-0.2, -0.15) is 0 Å². The molecule has 0 atom stereocenters. The second-order valence-electron chi connectivity index (χ2n) is 8.51. The summed E-state index contributed by atoms with van der Waals surface area (Å²) in [6, 6.07) is 14.2. The average molecular weight is 475 g/mol. The van der Waals surface area contributed by atoms with Gasteiger partial charge in [-0.25, -0.2) is 9.37 Å². The lowest BCUT2D eigenvalue weighted by atomic mass is 10.0. The second kappa shape index (κ2) is 9.22. The van der Waals surface area contributed by atoms with Crippen LogP contribution in [0.4, 0.5) is 10.1 Å². The fourth-order valence-corrected chi connectivity index (χ4v) is 4.34. The summed E-state index contributed by atoms with van der Waals surface area (Å²) in [5.41, 5.74) is 3.38. The Balaban J connectivity index is 1.35. The normalized spacial score (nSPS) is 14.4. The van der Waals surface area contributed by atoms with Gasteiger partial charge in [0.05, 0.1) is 27.3 Å². The van der Waals surface area contributed by atoms with Crippen molar-refractivity contribution >= 4 is 22.7 Å². The molecule has 2 aromatic heterocycles. The summed E-state index contributed by atoms with van der Waals surface area (Å²) in [5, 5.41) is 15.6. The van der Waals surface area contributed by atoms with E-state index >= 15 is 0 Å². The molecule has 0 N–H and O–H groups in total. The Bertz CT molecular complexity index is 1410. The fraction of sp³-hybridized carbons (Fsp3) is 0.240. The molecule has 1 aliphatic rings. The lowest BCUT2D eigenvalue weighted by Crippen LogP contribution is -2.48. The summed E-state index contributed by atoms with van der Waals surface area (Å²) in [7, 11) is 0. The fourth-order valence-electron chi connectivity index (χ4n) is 4.34. The van der Waals surface area contributed by atoms with E-state index < -0.39 is 4.92 Å². The van der Waals surface area contributed by atoms with Crippen LogP contribution in [0.15, 0.2) is 59.1 Å². The maximum Gasteiger partial charge on any atom is 0.269 e. The summed E-state index contributed by atoms with van der Waals surface area (Å²) in [5.74, 6) is -0.508. The predicted octanol–water partition coefficient (Wildman–Crippen LogP) is 4.20. The number of nitrogens with zero attached hydrogens (tertiary/aromatic N) is 5. The van der Waals surface area contributed by atoms with Gasteiger partial charge in [-0.15, -0.1) is 0 Å². The van der Waals surface area contributed by atoms with Crippen LogP contribution in [0.2, 0.25) is 0 Å². The molecule has 10 heteroatoms. The number of aromatic nitrogens is 2. The SMILES string of the molecule is Cc1noc2nc(-c3ccc(F)cc3)cc(C(=O)N3CCN(Cc4cccc([N+](=O)[O-])c4)CC3)c12. The second-order valence-corrected chi connectivity index (χ2v) is 8.51. The van der Waals surface area contributed by atoms with E-state index in [4.69, 9.17) is 4.52 Å². The van der Waals surface area contributed by atoms with Crippen LogP contribution in [0.3, 0.4) is 0 Å². The highest BCUT2D eigenvalue weighted by atomic mass is 19.1. The number of non-ortho nitro benzene ring substituents is 1. The number of aryl methyl sites for hydroxylation is 1. The van der Waals surface area contributed by atoms with Gasteiger partial charge in [0.2, 0.25) is 0 Å². The molecular formula is C25H22FN5O4. The molecule has 0 radical (unpaired) electrons. The third-order valence-electron chi connectivity index (χ3n) is 6.17. The molecular weight excluding hydrogens is 453 g/mol. The first-order valence-electron chi connectivity index (χ1n) is 11.2. The number of nitro groups is 1. The number of hydrogen-bond acceptors (Lipinski definition) is 7. The summed E-state index contributed by atoms with van der Waals surface area (Å²) in [4.78, 5) is 32.6. The van der Waals surface area contributed by atoms with Crippen LogP contribution in [-0.2, 0) is 6.54 Å². The maximum atomic E-state index is 13.6. The van der Waals surface area contributed by atoms with Gasteiger partial charge in [0, 0.05) is 50.4 Å². The first-order valence-corrected chi connectivity index (χ1v) is 11.2. The number of rotatable bonds is 5. The topological polar surface area (TPSA) is 106 Å². The van der Waals surface area contributed by atoms with Gasteiger partial charge in [0.15, 0.2) is 0 Å². The Morgan fingerprint density at radius 3 is 2.57 bits per heavy atom. The Hall–Kier alpha value is -4.18. The number of hydrogen-bond donors (Lipinski definition) is 0. The zero-order valence-corrected chi connectivity index (χ0v) is 19.0. The predicted molar refractivity (Wildman–Crippen MR) is 126 cm³/mol. The van der Waals surface area contributed by atoms with Crippen LogP contribution in [0, 0.1) is 22.9 Å². The molecule has 1 aliphatic heterocycles. The first-order chi connectivity index (χ1) is 16.9. The number of halogens is 1. The highest BCUT2D eigenvalue weighted by Crippen LogP contribution is 2.28. The number of nitro benzene ring substituents is 1. The van der Waals surface area contributed by atoms with E-state index in [0.717, 1.165) is 5.56 Å². The van der Waals surface area contributed by atoms with E-state index in [1.165, 1.54) is 18.2 Å².